The van der Waals surface area contributed by atoms with Crippen molar-refractivity contribution in [2.24, 2.45) is 11.8 Å². The van der Waals surface area contributed by atoms with Crippen LogP contribution in [-0.2, 0) is 16.1 Å². The summed E-state index contributed by atoms with van der Waals surface area (Å²) in [7, 11) is 0. The molecule has 0 heterocycles. The second kappa shape index (κ2) is 11.3. The Kier molecular flexibility index (Phi) is 8.79. The molecule has 6 heteroatoms. The van der Waals surface area contributed by atoms with Crippen LogP contribution in [-0.4, -0.2) is 23.8 Å². The fraction of sp³-hybridized carbons (Fsp3) is 0.400. The van der Waals surface area contributed by atoms with Crippen molar-refractivity contribution in [3.8, 4) is 0 Å². The van der Waals surface area contributed by atoms with Gasteiger partial charge in [-0.3, -0.25) is 14.4 Å². The van der Waals surface area contributed by atoms with E-state index in [1.165, 1.54) is 0 Å². The number of hydrogen-bond acceptors (Lipinski definition) is 3. The Morgan fingerprint density at radius 3 is 2.10 bits per heavy atom. The van der Waals surface area contributed by atoms with Crippen molar-refractivity contribution < 1.29 is 14.4 Å². The highest BCUT2D eigenvalue weighted by Gasteiger charge is 2.23. The SMILES string of the molecule is Cc1ccccc1C(=O)NC(CC(C)C)C(=O)NCc1ccc(NC(=O)C(C)C)cc1. The van der Waals surface area contributed by atoms with E-state index in [0.29, 0.717) is 18.5 Å². The Bertz CT molecular complexity index is 904. The first kappa shape index (κ1) is 24.1. The zero-order valence-corrected chi connectivity index (χ0v) is 19.0. The number of rotatable bonds is 9. The summed E-state index contributed by atoms with van der Waals surface area (Å²) in [5, 5.41) is 8.64. The lowest BCUT2D eigenvalue weighted by Gasteiger charge is -2.21. The Hall–Kier alpha value is -3.15. The maximum atomic E-state index is 12.8. The predicted octanol–water partition coefficient (Wildman–Crippen LogP) is 4.05. The van der Waals surface area contributed by atoms with Crippen molar-refractivity contribution in [3.63, 3.8) is 0 Å². The number of carbonyl (C=O) groups is 3. The van der Waals surface area contributed by atoms with Crippen molar-refractivity contribution in [2.45, 2.75) is 53.6 Å². The minimum absolute atomic E-state index is 0.0398. The molecule has 0 fully saturated rings. The van der Waals surface area contributed by atoms with E-state index in [4.69, 9.17) is 0 Å². The molecule has 6 nitrogen and oxygen atoms in total. The summed E-state index contributed by atoms with van der Waals surface area (Å²) in [6, 6.07) is 14.1. The fourth-order valence-electron chi connectivity index (χ4n) is 3.07. The molecule has 2 rings (SSSR count). The lowest BCUT2D eigenvalue weighted by atomic mass is 10.0. The van der Waals surface area contributed by atoms with Gasteiger partial charge in [0.25, 0.3) is 5.91 Å². The van der Waals surface area contributed by atoms with Crippen LogP contribution in [0, 0.1) is 18.8 Å². The highest BCUT2D eigenvalue weighted by Crippen LogP contribution is 2.12. The minimum atomic E-state index is -0.614. The smallest absolute Gasteiger partial charge is 0.252 e. The maximum absolute atomic E-state index is 12.8. The molecule has 3 amide bonds. The third-order valence-corrected chi connectivity index (χ3v) is 4.93. The van der Waals surface area contributed by atoms with E-state index < -0.39 is 6.04 Å². The van der Waals surface area contributed by atoms with Gasteiger partial charge in [0.2, 0.25) is 11.8 Å². The van der Waals surface area contributed by atoms with Crippen molar-refractivity contribution in [3.05, 3.63) is 65.2 Å². The van der Waals surface area contributed by atoms with Crippen LogP contribution >= 0.6 is 0 Å². The van der Waals surface area contributed by atoms with Gasteiger partial charge in [-0.25, -0.2) is 0 Å². The zero-order chi connectivity index (χ0) is 23.0. The van der Waals surface area contributed by atoms with E-state index in [1.54, 1.807) is 6.07 Å². The standard InChI is InChI=1S/C25H33N3O3/c1-16(2)14-22(28-24(30)21-9-7-6-8-18(21)5)25(31)26-15-19-10-12-20(13-11-19)27-23(29)17(3)4/h6-13,16-17,22H,14-15H2,1-5H3,(H,26,31)(H,27,29)(H,28,30). The molecule has 31 heavy (non-hydrogen) atoms. The number of carbonyl (C=O) groups excluding carboxylic acids is 3. The molecular weight excluding hydrogens is 390 g/mol. The first-order valence-corrected chi connectivity index (χ1v) is 10.7. The van der Waals surface area contributed by atoms with Gasteiger partial charge in [-0.15, -0.1) is 0 Å². The second-order valence-electron chi connectivity index (χ2n) is 8.53. The van der Waals surface area contributed by atoms with Crippen LogP contribution in [0.2, 0.25) is 0 Å². The Balaban J connectivity index is 1.98. The molecule has 1 atom stereocenters. The summed E-state index contributed by atoms with van der Waals surface area (Å²) in [6.07, 6.45) is 0.545. The first-order valence-electron chi connectivity index (χ1n) is 10.7. The highest BCUT2D eigenvalue weighted by molar-refractivity contribution is 5.98. The van der Waals surface area contributed by atoms with Crippen LogP contribution in [0.4, 0.5) is 5.69 Å². The van der Waals surface area contributed by atoms with Crippen LogP contribution < -0.4 is 16.0 Å². The van der Waals surface area contributed by atoms with Crippen LogP contribution in [0.15, 0.2) is 48.5 Å². The van der Waals surface area contributed by atoms with E-state index in [1.807, 2.05) is 77.1 Å². The summed E-state index contributed by atoms with van der Waals surface area (Å²) in [4.78, 5) is 37.3. The van der Waals surface area contributed by atoms with Gasteiger partial charge >= 0.3 is 0 Å². The molecule has 0 aliphatic rings. The van der Waals surface area contributed by atoms with Gasteiger partial charge in [-0.2, -0.15) is 0 Å². The predicted molar refractivity (Wildman–Crippen MR) is 124 cm³/mol. The average molecular weight is 424 g/mol. The van der Waals surface area contributed by atoms with Crippen LogP contribution in [0.5, 0.6) is 0 Å². The summed E-state index contributed by atoms with van der Waals surface area (Å²) in [6.45, 7) is 9.93. The highest BCUT2D eigenvalue weighted by atomic mass is 16.2. The molecule has 0 saturated carbocycles. The topological polar surface area (TPSA) is 87.3 Å². The molecule has 166 valence electrons. The monoisotopic (exact) mass is 423 g/mol. The summed E-state index contributed by atoms with van der Waals surface area (Å²) in [5.41, 5.74) is 3.07. The van der Waals surface area contributed by atoms with Gasteiger partial charge in [0.05, 0.1) is 0 Å². The first-order chi connectivity index (χ1) is 14.7. The molecule has 2 aromatic rings. The molecule has 0 radical (unpaired) electrons. The number of hydrogen-bond donors (Lipinski definition) is 3. The van der Waals surface area contributed by atoms with E-state index in [2.05, 4.69) is 16.0 Å². The van der Waals surface area contributed by atoms with Crippen molar-refractivity contribution in [2.75, 3.05) is 5.32 Å². The number of anilines is 1. The van der Waals surface area contributed by atoms with Gasteiger partial charge in [-0.05, 0) is 48.6 Å². The van der Waals surface area contributed by atoms with Gasteiger partial charge in [-0.1, -0.05) is 58.0 Å². The van der Waals surface area contributed by atoms with Crippen molar-refractivity contribution in [1.29, 1.82) is 0 Å². The number of nitrogens with one attached hydrogen (secondary N) is 3. The molecule has 0 spiro atoms. The lowest BCUT2D eigenvalue weighted by molar-refractivity contribution is -0.123. The van der Waals surface area contributed by atoms with Crippen LogP contribution in [0.1, 0.15) is 55.6 Å². The molecule has 0 saturated heterocycles. The maximum Gasteiger partial charge on any atom is 0.252 e. The average Bonchev–Trinajstić information content (AvgIpc) is 2.72. The van der Waals surface area contributed by atoms with Gasteiger partial charge < -0.3 is 16.0 Å². The molecule has 0 aliphatic heterocycles. The van der Waals surface area contributed by atoms with Crippen LogP contribution in [0.25, 0.3) is 0 Å². The van der Waals surface area contributed by atoms with E-state index in [0.717, 1.165) is 16.8 Å². The van der Waals surface area contributed by atoms with E-state index in [-0.39, 0.29) is 29.6 Å². The van der Waals surface area contributed by atoms with Crippen molar-refractivity contribution in [1.82, 2.24) is 10.6 Å². The van der Waals surface area contributed by atoms with Gasteiger partial charge in [0.15, 0.2) is 0 Å². The normalized spacial score (nSPS) is 11.8. The summed E-state index contributed by atoms with van der Waals surface area (Å²) < 4.78 is 0. The Morgan fingerprint density at radius 2 is 1.52 bits per heavy atom. The van der Waals surface area contributed by atoms with E-state index >= 15 is 0 Å². The molecule has 1 unspecified atom stereocenters. The summed E-state index contributed by atoms with van der Waals surface area (Å²) in [5.74, 6) is -0.345. The third kappa shape index (κ3) is 7.55. The molecule has 0 aliphatic carbocycles. The van der Waals surface area contributed by atoms with Crippen molar-refractivity contribution >= 4 is 23.4 Å². The molecule has 0 bridgehead atoms. The number of benzene rings is 2. The lowest BCUT2D eigenvalue weighted by Crippen LogP contribution is -2.47. The minimum Gasteiger partial charge on any atom is -0.350 e. The quantitative estimate of drug-likeness (QED) is 0.569. The Labute approximate surface area is 184 Å². The molecular formula is C25H33N3O3. The van der Waals surface area contributed by atoms with Gasteiger partial charge in [0.1, 0.15) is 6.04 Å². The summed E-state index contributed by atoms with van der Waals surface area (Å²) >= 11 is 0. The molecule has 3 N–H and O–H groups in total. The third-order valence-electron chi connectivity index (χ3n) is 4.93. The fourth-order valence-corrected chi connectivity index (χ4v) is 3.07. The largest absolute Gasteiger partial charge is 0.350 e. The molecule has 0 aromatic heterocycles. The molecule has 2 aromatic carbocycles. The number of aryl methyl sites for hydroxylation is 1. The second-order valence-corrected chi connectivity index (χ2v) is 8.53. The zero-order valence-electron chi connectivity index (χ0n) is 19.0. The van der Waals surface area contributed by atoms with Crippen LogP contribution in [0.3, 0.4) is 0 Å². The van der Waals surface area contributed by atoms with E-state index in [9.17, 15) is 14.4 Å². The van der Waals surface area contributed by atoms with Gasteiger partial charge in [0, 0.05) is 23.7 Å². The number of amides is 3. The Morgan fingerprint density at radius 1 is 0.871 bits per heavy atom.